The molecule has 0 fully saturated rings. The van der Waals surface area contributed by atoms with Gasteiger partial charge in [-0.05, 0) is 18.4 Å². The molecule has 1 unspecified atom stereocenters. The van der Waals surface area contributed by atoms with Crippen LogP contribution in [0.5, 0.6) is 0 Å². The van der Waals surface area contributed by atoms with Gasteiger partial charge < -0.3 is 0 Å². The normalized spacial score (nSPS) is 22.1. The highest BCUT2D eigenvalue weighted by Crippen LogP contribution is 2.33. The zero-order valence-corrected chi connectivity index (χ0v) is 8.81. The summed E-state index contributed by atoms with van der Waals surface area (Å²) in [5, 5.41) is 4.95. The van der Waals surface area contributed by atoms with Gasteiger partial charge in [-0.25, -0.2) is 0 Å². The molecule has 1 aromatic heterocycles. The van der Waals surface area contributed by atoms with Crippen molar-refractivity contribution in [2.45, 2.75) is 18.2 Å². The summed E-state index contributed by atoms with van der Waals surface area (Å²) in [5.74, 6) is 0. The van der Waals surface area contributed by atoms with Gasteiger partial charge >= 0.3 is 0 Å². The highest BCUT2D eigenvalue weighted by molar-refractivity contribution is 6.32. The van der Waals surface area contributed by atoms with Crippen molar-refractivity contribution in [2.24, 2.45) is 7.05 Å². The summed E-state index contributed by atoms with van der Waals surface area (Å²) in [5.41, 5.74) is 2.22. The van der Waals surface area contributed by atoms with Crippen molar-refractivity contribution in [3.8, 4) is 0 Å². The summed E-state index contributed by atoms with van der Waals surface area (Å²) in [7, 11) is 1.89. The molecule has 2 rings (SSSR count). The van der Waals surface area contributed by atoms with Crippen LogP contribution < -0.4 is 0 Å². The van der Waals surface area contributed by atoms with Crippen LogP contribution in [0.25, 0.3) is 5.57 Å². The first kappa shape index (κ1) is 9.10. The molecule has 0 N–H and O–H groups in total. The maximum absolute atomic E-state index is 6.01. The zero-order chi connectivity index (χ0) is 9.42. The molecular weight excluding hydrogens is 207 g/mol. The fourth-order valence-electron chi connectivity index (χ4n) is 1.65. The summed E-state index contributed by atoms with van der Waals surface area (Å²) in [6.07, 6.45) is 5.72. The van der Waals surface area contributed by atoms with E-state index in [2.05, 4.69) is 11.2 Å². The van der Waals surface area contributed by atoms with Gasteiger partial charge in [-0.1, -0.05) is 17.7 Å². The molecule has 1 aliphatic rings. The number of allylic oxidation sites excluding steroid dienone is 2. The minimum absolute atomic E-state index is 0.154. The minimum atomic E-state index is 0.154. The molecular formula is C9H10Cl2N2. The molecule has 0 saturated carbocycles. The lowest BCUT2D eigenvalue weighted by Gasteiger charge is -2.02. The van der Waals surface area contributed by atoms with Crippen molar-refractivity contribution in [1.29, 1.82) is 0 Å². The summed E-state index contributed by atoms with van der Waals surface area (Å²) < 4.78 is 1.79. The first-order valence-corrected chi connectivity index (χ1v) is 5.02. The van der Waals surface area contributed by atoms with Gasteiger partial charge in [0.25, 0.3) is 0 Å². The van der Waals surface area contributed by atoms with Crippen molar-refractivity contribution >= 4 is 28.8 Å². The third kappa shape index (κ3) is 1.61. The van der Waals surface area contributed by atoms with Crippen LogP contribution in [0, 0.1) is 0 Å². The van der Waals surface area contributed by atoms with Gasteiger partial charge in [-0.3, -0.25) is 4.68 Å². The van der Waals surface area contributed by atoms with E-state index >= 15 is 0 Å². The molecule has 1 aliphatic carbocycles. The molecule has 1 atom stereocenters. The number of aromatic nitrogens is 2. The summed E-state index contributed by atoms with van der Waals surface area (Å²) in [6, 6.07) is 0. The summed E-state index contributed by atoms with van der Waals surface area (Å²) in [4.78, 5) is 0. The maximum Gasteiger partial charge on any atom is 0.0862 e. The van der Waals surface area contributed by atoms with Gasteiger partial charge in [0, 0.05) is 7.05 Å². The highest BCUT2D eigenvalue weighted by Gasteiger charge is 2.19. The first-order valence-electron chi connectivity index (χ1n) is 4.21. The molecule has 4 heteroatoms. The number of alkyl halides is 1. The van der Waals surface area contributed by atoms with Gasteiger partial charge in [0.2, 0.25) is 0 Å². The fourth-order valence-corrected chi connectivity index (χ4v) is 2.20. The summed E-state index contributed by atoms with van der Waals surface area (Å²) in [6.45, 7) is 0. The van der Waals surface area contributed by atoms with Crippen molar-refractivity contribution in [3.05, 3.63) is 23.0 Å². The van der Waals surface area contributed by atoms with Gasteiger partial charge in [0.05, 0.1) is 22.3 Å². The second-order valence-corrected chi connectivity index (χ2v) is 4.18. The van der Waals surface area contributed by atoms with Crippen LogP contribution in [0.1, 0.15) is 18.5 Å². The Morgan fingerprint density at radius 3 is 2.85 bits per heavy atom. The summed E-state index contributed by atoms with van der Waals surface area (Å²) >= 11 is 12.0. The van der Waals surface area contributed by atoms with Crippen molar-refractivity contribution in [3.63, 3.8) is 0 Å². The molecule has 0 radical (unpaired) electrons. The van der Waals surface area contributed by atoms with Crippen LogP contribution in [-0.4, -0.2) is 15.2 Å². The Bertz CT molecular complexity index is 335. The topological polar surface area (TPSA) is 17.8 Å². The largest absolute Gasteiger partial charge is 0.267 e. The number of nitrogens with zero attached hydrogens (tertiary/aromatic N) is 2. The number of rotatable bonds is 1. The zero-order valence-electron chi connectivity index (χ0n) is 7.30. The number of aryl methyl sites for hydroxylation is 1. The molecule has 0 bridgehead atoms. The first-order chi connectivity index (χ1) is 6.18. The predicted octanol–water partition coefficient (Wildman–Crippen LogP) is 2.86. The van der Waals surface area contributed by atoms with E-state index in [-0.39, 0.29) is 5.38 Å². The Morgan fingerprint density at radius 1 is 1.62 bits per heavy atom. The molecule has 1 aromatic rings. The van der Waals surface area contributed by atoms with Crippen LogP contribution in [0.15, 0.2) is 12.3 Å². The highest BCUT2D eigenvalue weighted by atomic mass is 35.5. The van der Waals surface area contributed by atoms with Crippen LogP contribution in [-0.2, 0) is 7.05 Å². The van der Waals surface area contributed by atoms with E-state index < -0.39 is 0 Å². The lowest BCUT2D eigenvalue weighted by Crippen LogP contribution is -1.96. The third-order valence-corrected chi connectivity index (χ3v) is 2.89. The second kappa shape index (κ2) is 3.35. The van der Waals surface area contributed by atoms with Crippen LogP contribution >= 0.6 is 23.2 Å². The molecule has 1 heterocycles. The molecule has 0 saturated heterocycles. The fraction of sp³-hybridized carbons (Fsp3) is 0.444. The Labute approximate surface area is 87.1 Å². The quantitative estimate of drug-likeness (QED) is 0.661. The van der Waals surface area contributed by atoms with Gasteiger partial charge in [0.1, 0.15) is 0 Å². The Morgan fingerprint density at radius 2 is 2.38 bits per heavy atom. The van der Waals surface area contributed by atoms with E-state index in [1.54, 1.807) is 10.9 Å². The van der Waals surface area contributed by atoms with E-state index in [4.69, 9.17) is 23.2 Å². The van der Waals surface area contributed by atoms with Crippen LogP contribution in [0.3, 0.4) is 0 Å². The molecule has 0 amide bonds. The standard InChI is InChI=1S/C9H10Cl2N2/c1-13-9(8(11)5-12-13)6-2-3-7(10)4-6/h4-5,7H,2-3H2,1H3. The van der Waals surface area contributed by atoms with E-state index in [0.29, 0.717) is 5.02 Å². The lowest BCUT2D eigenvalue weighted by atomic mass is 10.2. The molecule has 0 aromatic carbocycles. The lowest BCUT2D eigenvalue weighted by molar-refractivity contribution is 0.752. The minimum Gasteiger partial charge on any atom is -0.267 e. The van der Waals surface area contributed by atoms with Crippen molar-refractivity contribution in [1.82, 2.24) is 9.78 Å². The van der Waals surface area contributed by atoms with E-state index in [9.17, 15) is 0 Å². The van der Waals surface area contributed by atoms with Crippen molar-refractivity contribution < 1.29 is 0 Å². The van der Waals surface area contributed by atoms with Crippen molar-refractivity contribution in [2.75, 3.05) is 0 Å². The van der Waals surface area contributed by atoms with E-state index in [1.165, 1.54) is 5.57 Å². The second-order valence-electron chi connectivity index (χ2n) is 3.21. The Hall–Kier alpha value is -0.470. The average molecular weight is 217 g/mol. The van der Waals surface area contributed by atoms with E-state index in [0.717, 1.165) is 18.5 Å². The molecule has 2 nitrogen and oxygen atoms in total. The molecule has 13 heavy (non-hydrogen) atoms. The number of halogens is 2. The van der Waals surface area contributed by atoms with Gasteiger partial charge in [0.15, 0.2) is 0 Å². The number of hydrogen-bond donors (Lipinski definition) is 0. The van der Waals surface area contributed by atoms with Crippen LogP contribution in [0.4, 0.5) is 0 Å². The van der Waals surface area contributed by atoms with E-state index in [1.807, 2.05) is 7.05 Å². The monoisotopic (exact) mass is 216 g/mol. The molecule has 0 aliphatic heterocycles. The number of hydrogen-bond acceptors (Lipinski definition) is 1. The van der Waals surface area contributed by atoms with Gasteiger partial charge in [-0.15, -0.1) is 11.6 Å². The Balaban J connectivity index is 2.40. The maximum atomic E-state index is 6.01. The van der Waals surface area contributed by atoms with Gasteiger partial charge in [-0.2, -0.15) is 5.10 Å². The smallest absolute Gasteiger partial charge is 0.0862 e. The average Bonchev–Trinajstić information content (AvgIpc) is 2.60. The Kier molecular flexibility index (Phi) is 2.35. The SMILES string of the molecule is Cn1ncc(Cl)c1C1=CC(Cl)CC1. The molecule has 0 spiro atoms. The van der Waals surface area contributed by atoms with Crippen LogP contribution in [0.2, 0.25) is 5.02 Å². The molecule has 70 valence electrons. The third-order valence-electron chi connectivity index (χ3n) is 2.27. The predicted molar refractivity (Wildman–Crippen MR) is 55.1 cm³/mol.